The maximum absolute atomic E-state index is 15.6. The summed E-state index contributed by atoms with van der Waals surface area (Å²) in [4.78, 5) is 26.4. The van der Waals surface area contributed by atoms with Crippen molar-refractivity contribution in [3.8, 4) is 0 Å². The third kappa shape index (κ3) is 2.92. The fraction of sp³-hybridized carbons (Fsp3) is 0.545. The van der Waals surface area contributed by atoms with Crippen molar-refractivity contribution in [1.29, 1.82) is 0 Å². The van der Waals surface area contributed by atoms with Crippen molar-refractivity contribution >= 4 is 28.2 Å². The van der Waals surface area contributed by atoms with Crippen molar-refractivity contribution in [2.24, 2.45) is 11.7 Å². The Bertz CT molecular complexity index is 1210. The number of alkyl halides is 1. The van der Waals surface area contributed by atoms with Gasteiger partial charge in [-0.3, -0.25) is 4.79 Å². The second-order valence-corrected chi connectivity index (χ2v) is 9.35. The zero-order valence-corrected chi connectivity index (χ0v) is 17.9. The Balaban J connectivity index is 1.73. The van der Waals surface area contributed by atoms with Crippen LogP contribution in [0.4, 0.5) is 20.2 Å². The molecule has 2 saturated carbocycles. The van der Waals surface area contributed by atoms with E-state index in [9.17, 15) is 19.1 Å². The fourth-order valence-corrected chi connectivity index (χ4v) is 5.27. The number of aromatic carboxylic acids is 1. The van der Waals surface area contributed by atoms with Gasteiger partial charge in [0.1, 0.15) is 11.7 Å². The van der Waals surface area contributed by atoms with Crippen molar-refractivity contribution in [3.63, 3.8) is 0 Å². The van der Waals surface area contributed by atoms with Gasteiger partial charge in [0.2, 0.25) is 5.43 Å². The van der Waals surface area contributed by atoms with Gasteiger partial charge in [-0.15, -0.1) is 0 Å². The van der Waals surface area contributed by atoms with E-state index in [1.54, 1.807) is 14.0 Å². The molecule has 0 bridgehead atoms. The number of ether oxygens (including phenoxy) is 1. The summed E-state index contributed by atoms with van der Waals surface area (Å²) in [5.41, 5.74) is 11.2. The molecular weight excluding hydrogens is 422 g/mol. The highest BCUT2D eigenvalue weighted by molar-refractivity contribution is 6.01. The number of nitrogen functional groups attached to an aromatic ring is 1. The quantitative estimate of drug-likeness (QED) is 0.598. The fourth-order valence-electron chi connectivity index (χ4n) is 5.27. The average Bonchev–Trinajstić information content (AvgIpc) is 3.62. The monoisotopic (exact) mass is 448 g/mol. The lowest BCUT2D eigenvalue weighted by molar-refractivity contribution is 0.0693. The summed E-state index contributed by atoms with van der Waals surface area (Å²) in [7, 11) is 1.60. The van der Waals surface area contributed by atoms with Crippen LogP contribution in [-0.4, -0.2) is 53.7 Å². The topological polar surface area (TPSA) is 124 Å². The standard InChI is InChI=1S/C22H26F2N4O4/c1-9-18-15(20(29)10(21(30)31)6-28(18)13-5-12(13)23)17(25)16(24)19(9)27-7-11(14(8-27)32-2)22(26)3-4-22/h6,11-14H,3-5,7-8,25-26H2,1-2H3,(H,30,31)/t11-,12-,13+,14-/m0/s1. The summed E-state index contributed by atoms with van der Waals surface area (Å²) in [6.07, 6.45) is 1.74. The molecule has 5 N–H and O–H groups in total. The van der Waals surface area contributed by atoms with Gasteiger partial charge in [0, 0.05) is 44.3 Å². The molecule has 2 heterocycles. The van der Waals surface area contributed by atoms with Crippen LogP contribution in [0.1, 0.15) is 41.2 Å². The van der Waals surface area contributed by atoms with Crippen LogP contribution in [0.5, 0.6) is 0 Å². The number of pyridine rings is 1. The molecule has 8 nitrogen and oxygen atoms in total. The first kappa shape index (κ1) is 21.1. The van der Waals surface area contributed by atoms with Crippen LogP contribution in [0.15, 0.2) is 11.0 Å². The lowest BCUT2D eigenvalue weighted by Gasteiger charge is -2.26. The number of hydrogen-bond acceptors (Lipinski definition) is 6. The van der Waals surface area contributed by atoms with Crippen LogP contribution >= 0.6 is 0 Å². The highest BCUT2D eigenvalue weighted by atomic mass is 19.1. The molecule has 0 amide bonds. The lowest BCUT2D eigenvalue weighted by Crippen LogP contribution is -2.40. The smallest absolute Gasteiger partial charge is 0.341 e. The molecule has 4 atom stereocenters. The molecule has 1 saturated heterocycles. The second kappa shape index (κ2) is 6.89. The Labute approximate surface area is 182 Å². The molecule has 0 radical (unpaired) electrons. The number of benzene rings is 1. The van der Waals surface area contributed by atoms with Gasteiger partial charge in [0.25, 0.3) is 0 Å². The van der Waals surface area contributed by atoms with Gasteiger partial charge in [-0.1, -0.05) is 0 Å². The molecule has 10 heteroatoms. The number of nitrogens with two attached hydrogens (primary N) is 2. The van der Waals surface area contributed by atoms with Gasteiger partial charge >= 0.3 is 5.97 Å². The van der Waals surface area contributed by atoms with E-state index >= 15 is 4.39 Å². The van der Waals surface area contributed by atoms with Crippen molar-refractivity contribution in [1.82, 2.24) is 4.57 Å². The zero-order chi connectivity index (χ0) is 23.1. The SMILES string of the molecule is CO[C@H]1CN(c2c(F)c(N)c3c(=O)c(C(=O)O)cn([C@@H]4C[C@@H]4F)c3c2C)C[C@@H]1C1(N)CC1. The molecule has 0 spiro atoms. The van der Waals surface area contributed by atoms with Crippen LogP contribution in [0.2, 0.25) is 0 Å². The van der Waals surface area contributed by atoms with Crippen molar-refractivity contribution in [2.45, 2.75) is 50.0 Å². The number of anilines is 2. The maximum atomic E-state index is 15.6. The van der Waals surface area contributed by atoms with E-state index in [4.69, 9.17) is 16.2 Å². The van der Waals surface area contributed by atoms with E-state index in [2.05, 4.69) is 0 Å². The van der Waals surface area contributed by atoms with E-state index in [-0.39, 0.29) is 40.6 Å². The molecule has 1 aliphatic heterocycles. The highest BCUT2D eigenvalue weighted by Gasteiger charge is 2.53. The summed E-state index contributed by atoms with van der Waals surface area (Å²) >= 11 is 0. The molecule has 3 fully saturated rings. The molecule has 32 heavy (non-hydrogen) atoms. The molecular formula is C22H26F2N4O4. The number of carbonyl (C=O) groups is 1. The van der Waals surface area contributed by atoms with Crippen molar-refractivity contribution in [2.75, 3.05) is 30.8 Å². The molecule has 2 aliphatic carbocycles. The third-order valence-electron chi connectivity index (χ3n) is 7.38. The van der Waals surface area contributed by atoms with Crippen molar-refractivity contribution in [3.05, 3.63) is 33.4 Å². The summed E-state index contributed by atoms with van der Waals surface area (Å²) in [6, 6.07) is -0.621. The number of hydrogen-bond donors (Lipinski definition) is 3. The van der Waals surface area contributed by atoms with Crippen LogP contribution < -0.4 is 21.8 Å². The number of carboxylic acid groups (broad SMARTS) is 1. The van der Waals surface area contributed by atoms with Gasteiger partial charge < -0.3 is 30.8 Å². The largest absolute Gasteiger partial charge is 0.477 e. The van der Waals surface area contributed by atoms with Gasteiger partial charge in [-0.25, -0.2) is 13.6 Å². The van der Waals surface area contributed by atoms with Crippen LogP contribution in [0, 0.1) is 18.7 Å². The number of aryl methyl sites for hydroxylation is 1. The first-order chi connectivity index (χ1) is 15.1. The van der Waals surface area contributed by atoms with E-state index in [1.807, 2.05) is 4.90 Å². The van der Waals surface area contributed by atoms with Gasteiger partial charge in [0.15, 0.2) is 5.82 Å². The summed E-state index contributed by atoms with van der Waals surface area (Å²) < 4.78 is 36.8. The Kier molecular flexibility index (Phi) is 4.55. The minimum absolute atomic E-state index is 0.0125. The zero-order valence-electron chi connectivity index (χ0n) is 17.9. The molecule has 1 aromatic heterocycles. The normalized spacial score (nSPS) is 28.3. The highest BCUT2D eigenvalue weighted by Crippen LogP contribution is 2.48. The predicted molar refractivity (Wildman–Crippen MR) is 115 cm³/mol. The molecule has 2 aromatic rings. The second-order valence-electron chi connectivity index (χ2n) is 9.35. The van der Waals surface area contributed by atoms with Crippen LogP contribution in [-0.2, 0) is 4.74 Å². The van der Waals surface area contributed by atoms with Crippen LogP contribution in [0.25, 0.3) is 10.9 Å². The van der Waals surface area contributed by atoms with E-state index in [0.717, 1.165) is 19.0 Å². The minimum Gasteiger partial charge on any atom is -0.477 e. The molecule has 172 valence electrons. The molecule has 0 unspecified atom stereocenters. The van der Waals surface area contributed by atoms with Gasteiger partial charge in [-0.2, -0.15) is 0 Å². The number of aromatic nitrogens is 1. The molecule has 1 aromatic carbocycles. The number of nitrogens with zero attached hydrogens (tertiary/aromatic N) is 2. The van der Waals surface area contributed by atoms with E-state index in [1.165, 1.54) is 4.57 Å². The Hall–Kier alpha value is -2.72. The lowest BCUT2D eigenvalue weighted by atomic mass is 9.95. The van der Waals surface area contributed by atoms with Crippen molar-refractivity contribution < 1.29 is 23.4 Å². The Morgan fingerprint density at radius 1 is 1.34 bits per heavy atom. The Morgan fingerprint density at radius 3 is 2.53 bits per heavy atom. The predicted octanol–water partition coefficient (Wildman–Crippen LogP) is 1.95. The first-order valence-electron chi connectivity index (χ1n) is 10.7. The summed E-state index contributed by atoms with van der Waals surface area (Å²) in [5.74, 6) is -2.24. The first-order valence-corrected chi connectivity index (χ1v) is 10.7. The number of rotatable bonds is 5. The third-order valence-corrected chi connectivity index (χ3v) is 7.38. The minimum atomic E-state index is -1.47. The Morgan fingerprint density at radius 2 is 2.00 bits per heavy atom. The van der Waals surface area contributed by atoms with Gasteiger partial charge in [0.05, 0.1) is 34.4 Å². The maximum Gasteiger partial charge on any atom is 0.341 e. The molecule has 3 aliphatic rings. The van der Waals surface area contributed by atoms with E-state index in [0.29, 0.717) is 18.7 Å². The summed E-state index contributed by atoms with van der Waals surface area (Å²) in [6.45, 7) is 2.51. The number of fused-ring (bicyclic) bond motifs is 1. The van der Waals surface area contributed by atoms with Crippen LogP contribution in [0.3, 0.4) is 0 Å². The number of methoxy groups -OCH3 is 1. The number of halogens is 2. The summed E-state index contributed by atoms with van der Waals surface area (Å²) in [5, 5.41) is 9.24. The average molecular weight is 448 g/mol. The number of carboxylic acids is 1. The van der Waals surface area contributed by atoms with Gasteiger partial charge in [-0.05, 0) is 25.3 Å². The van der Waals surface area contributed by atoms with E-state index < -0.39 is 40.7 Å². The molecule has 5 rings (SSSR count).